The molecule has 3 nitrogen and oxygen atoms in total. The lowest BCUT2D eigenvalue weighted by molar-refractivity contribution is 0.0354. The Morgan fingerprint density at radius 3 is 1.72 bits per heavy atom. The predicted octanol–water partition coefficient (Wildman–Crippen LogP) is 5.56. The molecule has 3 heteroatoms. The van der Waals surface area contributed by atoms with E-state index in [1.807, 2.05) is 0 Å². The first-order valence-corrected chi connectivity index (χ1v) is 12.4. The SMILES string of the molecule is Cc1cccc(C)c1C(CO)CNC1(C(CO)c2c(C)cccc2C)C(C)CCCC1C. The number of aliphatic hydroxyl groups excluding tert-OH is 2. The van der Waals surface area contributed by atoms with Gasteiger partial charge in [-0.05, 0) is 85.8 Å². The summed E-state index contributed by atoms with van der Waals surface area (Å²) in [5.74, 6) is 0.914. The van der Waals surface area contributed by atoms with Gasteiger partial charge >= 0.3 is 0 Å². The van der Waals surface area contributed by atoms with Gasteiger partial charge in [-0.25, -0.2) is 0 Å². The summed E-state index contributed by atoms with van der Waals surface area (Å²) in [4.78, 5) is 0. The summed E-state index contributed by atoms with van der Waals surface area (Å²) in [6.45, 7) is 14.3. The molecule has 1 aliphatic rings. The van der Waals surface area contributed by atoms with Crippen molar-refractivity contribution in [2.24, 2.45) is 11.8 Å². The minimum absolute atomic E-state index is 0.0197. The maximum Gasteiger partial charge on any atom is 0.0517 e. The molecule has 0 radical (unpaired) electrons. The van der Waals surface area contributed by atoms with E-state index in [1.165, 1.54) is 39.8 Å². The van der Waals surface area contributed by atoms with Gasteiger partial charge in [0.2, 0.25) is 0 Å². The number of hydrogen-bond donors (Lipinski definition) is 3. The fourth-order valence-corrected chi connectivity index (χ4v) is 6.74. The Morgan fingerprint density at radius 2 is 1.28 bits per heavy atom. The quantitative estimate of drug-likeness (QED) is 0.507. The number of nitrogens with one attached hydrogen (secondary N) is 1. The lowest BCUT2D eigenvalue weighted by Crippen LogP contribution is -2.62. The van der Waals surface area contributed by atoms with E-state index < -0.39 is 0 Å². The van der Waals surface area contributed by atoms with E-state index in [-0.39, 0.29) is 30.6 Å². The molecule has 0 spiro atoms. The lowest BCUT2D eigenvalue weighted by Gasteiger charge is -2.54. The van der Waals surface area contributed by atoms with E-state index >= 15 is 0 Å². The van der Waals surface area contributed by atoms with Gasteiger partial charge in [0.25, 0.3) is 0 Å². The minimum Gasteiger partial charge on any atom is -0.396 e. The Bertz CT molecular complexity index is 856. The van der Waals surface area contributed by atoms with Crippen molar-refractivity contribution in [2.45, 2.75) is 78.2 Å². The molecule has 1 saturated carbocycles. The van der Waals surface area contributed by atoms with E-state index in [0.717, 1.165) is 12.8 Å². The van der Waals surface area contributed by atoms with Crippen LogP contribution in [-0.4, -0.2) is 35.5 Å². The van der Waals surface area contributed by atoms with Crippen LogP contribution < -0.4 is 5.32 Å². The molecule has 0 bridgehead atoms. The average Bonchev–Trinajstić information content (AvgIpc) is 2.75. The van der Waals surface area contributed by atoms with Crippen LogP contribution in [0, 0.1) is 39.5 Å². The summed E-state index contributed by atoms with van der Waals surface area (Å²) in [5.41, 5.74) is 7.30. The molecule has 2 aromatic carbocycles. The molecule has 1 fully saturated rings. The van der Waals surface area contributed by atoms with Crippen molar-refractivity contribution in [1.82, 2.24) is 5.32 Å². The summed E-state index contributed by atoms with van der Waals surface area (Å²) in [7, 11) is 0. The van der Waals surface area contributed by atoms with Gasteiger partial charge < -0.3 is 15.5 Å². The second kappa shape index (κ2) is 10.5. The molecule has 1 aliphatic carbocycles. The molecule has 3 rings (SSSR count). The van der Waals surface area contributed by atoms with E-state index in [2.05, 4.69) is 83.3 Å². The first-order valence-electron chi connectivity index (χ1n) is 12.4. The normalized spacial score (nSPS) is 25.5. The Morgan fingerprint density at radius 1 is 0.812 bits per heavy atom. The fourth-order valence-electron chi connectivity index (χ4n) is 6.74. The van der Waals surface area contributed by atoms with Gasteiger partial charge in [-0.3, -0.25) is 0 Å². The van der Waals surface area contributed by atoms with E-state index in [9.17, 15) is 10.2 Å². The van der Waals surface area contributed by atoms with Gasteiger partial charge in [-0.15, -0.1) is 0 Å². The molecular formula is C29H43NO2. The van der Waals surface area contributed by atoms with Crippen LogP contribution in [0.25, 0.3) is 0 Å². The first-order chi connectivity index (χ1) is 15.3. The van der Waals surface area contributed by atoms with E-state index in [0.29, 0.717) is 18.4 Å². The van der Waals surface area contributed by atoms with Crippen molar-refractivity contribution < 1.29 is 10.2 Å². The summed E-state index contributed by atoms with van der Waals surface area (Å²) >= 11 is 0. The van der Waals surface area contributed by atoms with Crippen molar-refractivity contribution in [1.29, 1.82) is 0 Å². The molecule has 176 valence electrons. The second-order valence-electron chi connectivity index (χ2n) is 10.3. The van der Waals surface area contributed by atoms with Crippen LogP contribution in [0.15, 0.2) is 36.4 Å². The Kier molecular flexibility index (Phi) is 8.19. The van der Waals surface area contributed by atoms with Gasteiger partial charge in [-0.2, -0.15) is 0 Å². The minimum atomic E-state index is -0.214. The summed E-state index contributed by atoms with van der Waals surface area (Å²) in [6, 6.07) is 12.8. The van der Waals surface area contributed by atoms with Crippen LogP contribution in [0.5, 0.6) is 0 Å². The topological polar surface area (TPSA) is 52.5 Å². The van der Waals surface area contributed by atoms with Crippen LogP contribution in [0.3, 0.4) is 0 Å². The number of benzene rings is 2. The maximum atomic E-state index is 10.8. The smallest absolute Gasteiger partial charge is 0.0517 e. The third-order valence-corrected chi connectivity index (χ3v) is 8.38. The number of rotatable bonds is 8. The second-order valence-corrected chi connectivity index (χ2v) is 10.3. The molecule has 2 aromatic rings. The molecular weight excluding hydrogens is 394 g/mol. The van der Waals surface area contributed by atoms with Gasteiger partial charge in [0.15, 0.2) is 0 Å². The molecule has 32 heavy (non-hydrogen) atoms. The van der Waals surface area contributed by atoms with Crippen LogP contribution in [-0.2, 0) is 0 Å². The molecule has 0 aromatic heterocycles. The van der Waals surface area contributed by atoms with Crippen molar-refractivity contribution in [3.05, 3.63) is 69.8 Å². The van der Waals surface area contributed by atoms with Gasteiger partial charge in [-0.1, -0.05) is 56.7 Å². The molecule has 0 saturated heterocycles. The molecule has 0 amide bonds. The third kappa shape index (κ3) is 4.53. The zero-order chi connectivity index (χ0) is 23.5. The van der Waals surface area contributed by atoms with Crippen molar-refractivity contribution in [2.75, 3.05) is 19.8 Å². The van der Waals surface area contributed by atoms with Crippen LogP contribution >= 0.6 is 0 Å². The average molecular weight is 438 g/mol. The van der Waals surface area contributed by atoms with Gasteiger partial charge in [0, 0.05) is 23.9 Å². The van der Waals surface area contributed by atoms with E-state index in [1.54, 1.807) is 0 Å². The van der Waals surface area contributed by atoms with Crippen LogP contribution in [0.1, 0.15) is 78.3 Å². The molecule has 0 heterocycles. The molecule has 4 atom stereocenters. The summed E-state index contributed by atoms with van der Waals surface area (Å²) in [5, 5.41) is 25.2. The highest BCUT2D eigenvalue weighted by atomic mass is 16.3. The fraction of sp³-hybridized carbons (Fsp3) is 0.586. The molecule has 3 N–H and O–H groups in total. The van der Waals surface area contributed by atoms with E-state index in [4.69, 9.17) is 0 Å². The highest BCUT2D eigenvalue weighted by molar-refractivity contribution is 5.40. The Labute approximate surface area is 195 Å². The zero-order valence-corrected chi connectivity index (χ0v) is 20.9. The monoisotopic (exact) mass is 437 g/mol. The summed E-state index contributed by atoms with van der Waals surface area (Å²) in [6.07, 6.45) is 3.55. The Hall–Kier alpha value is -1.68. The predicted molar refractivity (Wildman–Crippen MR) is 134 cm³/mol. The van der Waals surface area contributed by atoms with Gasteiger partial charge in [0.05, 0.1) is 13.2 Å². The van der Waals surface area contributed by atoms with Crippen molar-refractivity contribution >= 4 is 0 Å². The van der Waals surface area contributed by atoms with Gasteiger partial charge in [0.1, 0.15) is 0 Å². The van der Waals surface area contributed by atoms with Crippen LogP contribution in [0.4, 0.5) is 0 Å². The maximum absolute atomic E-state index is 10.8. The third-order valence-electron chi connectivity index (χ3n) is 8.38. The number of aliphatic hydroxyl groups is 2. The summed E-state index contributed by atoms with van der Waals surface area (Å²) < 4.78 is 0. The van der Waals surface area contributed by atoms with Crippen LogP contribution in [0.2, 0.25) is 0 Å². The van der Waals surface area contributed by atoms with Crippen molar-refractivity contribution in [3.63, 3.8) is 0 Å². The first kappa shape index (κ1) is 25.0. The number of hydrogen-bond acceptors (Lipinski definition) is 3. The zero-order valence-electron chi connectivity index (χ0n) is 20.9. The number of aryl methyl sites for hydroxylation is 4. The standard InChI is InChI=1S/C29H43NO2/c1-19-10-7-11-20(2)27(19)25(17-31)16-30-29(23(5)14-9-15-24(29)6)26(18-32)28-21(3)12-8-13-22(28)4/h7-8,10-13,23-26,30-32H,9,14-18H2,1-6H3. The lowest BCUT2D eigenvalue weighted by atomic mass is 9.59. The molecule has 4 unspecified atom stereocenters. The Balaban J connectivity index is 2.05. The largest absolute Gasteiger partial charge is 0.396 e. The van der Waals surface area contributed by atoms with Crippen molar-refractivity contribution in [3.8, 4) is 0 Å². The highest BCUT2D eigenvalue weighted by Crippen LogP contribution is 2.48. The molecule has 0 aliphatic heterocycles. The highest BCUT2D eigenvalue weighted by Gasteiger charge is 2.50.